The number of carbonyl (C=O) groups is 1. The van der Waals surface area contributed by atoms with Crippen LogP contribution in [0.25, 0.3) is 11.3 Å². The first-order chi connectivity index (χ1) is 14.4. The number of urea groups is 1. The van der Waals surface area contributed by atoms with Gasteiger partial charge in [-0.2, -0.15) is 13.2 Å². The van der Waals surface area contributed by atoms with Gasteiger partial charge in [-0.1, -0.05) is 6.07 Å². The topological polar surface area (TPSA) is 83.0 Å². The molecule has 154 valence electrons. The van der Waals surface area contributed by atoms with Crippen LogP contribution in [0.5, 0.6) is 0 Å². The molecule has 0 spiro atoms. The minimum atomic E-state index is -4.56. The first-order valence-electron chi connectivity index (χ1n) is 9.20. The van der Waals surface area contributed by atoms with Gasteiger partial charge in [0.2, 0.25) is 0 Å². The maximum atomic E-state index is 13.0. The molecular formula is C20H17F3N6O. The summed E-state index contributed by atoms with van der Waals surface area (Å²) in [4.78, 5) is 26.3. The molecule has 0 aliphatic carbocycles. The highest BCUT2D eigenvalue weighted by atomic mass is 19.4. The second-order valence-corrected chi connectivity index (χ2v) is 6.57. The quantitative estimate of drug-likeness (QED) is 0.649. The zero-order valence-corrected chi connectivity index (χ0v) is 15.6. The molecule has 0 atom stereocenters. The fourth-order valence-electron chi connectivity index (χ4n) is 3.08. The van der Waals surface area contributed by atoms with Gasteiger partial charge >= 0.3 is 12.2 Å². The van der Waals surface area contributed by atoms with Gasteiger partial charge in [0.1, 0.15) is 11.5 Å². The van der Waals surface area contributed by atoms with E-state index >= 15 is 0 Å². The van der Waals surface area contributed by atoms with Crippen molar-refractivity contribution in [2.75, 3.05) is 28.6 Å². The molecule has 1 aliphatic rings. The molecule has 2 amide bonds. The normalized spacial score (nSPS) is 13.8. The molecule has 0 saturated carbocycles. The first-order valence-corrected chi connectivity index (χ1v) is 9.20. The van der Waals surface area contributed by atoms with Gasteiger partial charge in [0.25, 0.3) is 0 Å². The van der Waals surface area contributed by atoms with Gasteiger partial charge in [0.05, 0.1) is 11.4 Å². The Hall–Kier alpha value is -3.69. The molecule has 2 N–H and O–H groups in total. The Morgan fingerprint density at radius 1 is 1.10 bits per heavy atom. The summed E-state index contributed by atoms with van der Waals surface area (Å²) in [6.45, 7) is 1.02. The van der Waals surface area contributed by atoms with E-state index in [9.17, 15) is 18.0 Å². The van der Waals surface area contributed by atoms with Crippen molar-refractivity contribution >= 4 is 23.4 Å². The Morgan fingerprint density at radius 2 is 1.97 bits per heavy atom. The summed E-state index contributed by atoms with van der Waals surface area (Å²) in [7, 11) is 0. The van der Waals surface area contributed by atoms with E-state index in [0.29, 0.717) is 42.5 Å². The number of pyridine rings is 3. The molecule has 0 saturated heterocycles. The molecule has 3 aromatic heterocycles. The number of aromatic nitrogens is 3. The summed E-state index contributed by atoms with van der Waals surface area (Å²) in [6.07, 6.45) is -1.23. The molecule has 0 bridgehead atoms. The number of nitrogens with one attached hydrogen (secondary N) is 2. The fourth-order valence-corrected chi connectivity index (χ4v) is 3.08. The van der Waals surface area contributed by atoms with Crippen molar-refractivity contribution in [3.8, 4) is 11.3 Å². The molecule has 30 heavy (non-hydrogen) atoms. The molecule has 7 nitrogen and oxygen atoms in total. The Labute approximate surface area is 170 Å². The highest BCUT2D eigenvalue weighted by molar-refractivity contribution is 6.02. The zero-order chi connectivity index (χ0) is 21.1. The summed E-state index contributed by atoms with van der Waals surface area (Å²) in [5.74, 6) is 0.727. The molecular weight excluding hydrogens is 397 g/mol. The Kier molecular flexibility index (Phi) is 5.21. The number of anilines is 3. The standard InChI is InChI=1S/C20H17F3N6O/c21-20(22,23)16-12-13(7-10-25-16)14-5-6-15-18(27-14)29(11-3-9-24-15)19(30)28-17-4-1-2-8-26-17/h1-2,4-8,10,12,24H,3,9,11H2,(H,26,28,30). The summed E-state index contributed by atoms with van der Waals surface area (Å²) in [6, 6.07) is 10.4. The fraction of sp³-hybridized carbons (Fsp3) is 0.200. The predicted molar refractivity (Wildman–Crippen MR) is 106 cm³/mol. The SMILES string of the molecule is O=C(Nc1ccccn1)N1CCCNc2ccc(-c3ccnc(C(F)(F)F)c3)nc21. The van der Waals surface area contributed by atoms with Crippen molar-refractivity contribution in [3.05, 3.63) is 60.6 Å². The lowest BCUT2D eigenvalue weighted by Crippen LogP contribution is -2.36. The minimum Gasteiger partial charge on any atom is -0.382 e. The van der Waals surface area contributed by atoms with E-state index in [1.54, 1.807) is 36.5 Å². The number of rotatable bonds is 2. The predicted octanol–water partition coefficient (Wildman–Crippen LogP) is 4.41. The third-order valence-electron chi connectivity index (χ3n) is 4.50. The van der Waals surface area contributed by atoms with Gasteiger partial charge in [-0.25, -0.2) is 14.8 Å². The van der Waals surface area contributed by atoms with Crippen LogP contribution in [0.15, 0.2) is 54.9 Å². The van der Waals surface area contributed by atoms with Crippen LogP contribution in [-0.2, 0) is 6.18 Å². The lowest BCUT2D eigenvalue weighted by Gasteiger charge is -2.22. The maximum Gasteiger partial charge on any atom is 0.433 e. The number of halogens is 3. The van der Waals surface area contributed by atoms with Gasteiger partial charge in [-0.3, -0.25) is 15.2 Å². The smallest absolute Gasteiger partial charge is 0.382 e. The van der Waals surface area contributed by atoms with Crippen LogP contribution in [0.3, 0.4) is 0 Å². The summed E-state index contributed by atoms with van der Waals surface area (Å²) in [5, 5.41) is 5.91. The highest BCUT2D eigenvalue weighted by Gasteiger charge is 2.32. The number of carbonyl (C=O) groups excluding carboxylic acids is 1. The third kappa shape index (κ3) is 4.17. The molecule has 3 aromatic rings. The van der Waals surface area contributed by atoms with Crippen molar-refractivity contribution in [3.63, 3.8) is 0 Å². The van der Waals surface area contributed by atoms with Crippen LogP contribution >= 0.6 is 0 Å². The van der Waals surface area contributed by atoms with Crippen LogP contribution < -0.4 is 15.5 Å². The van der Waals surface area contributed by atoms with Crippen LogP contribution in [0, 0.1) is 0 Å². The monoisotopic (exact) mass is 414 g/mol. The van der Waals surface area contributed by atoms with Gasteiger partial charge in [0, 0.05) is 31.0 Å². The molecule has 0 aromatic carbocycles. The number of alkyl halides is 3. The van der Waals surface area contributed by atoms with Gasteiger partial charge < -0.3 is 5.32 Å². The number of fused-ring (bicyclic) bond motifs is 1. The maximum absolute atomic E-state index is 13.0. The van der Waals surface area contributed by atoms with E-state index in [1.165, 1.54) is 11.0 Å². The van der Waals surface area contributed by atoms with E-state index in [4.69, 9.17) is 0 Å². The van der Waals surface area contributed by atoms with Crippen molar-refractivity contribution in [2.45, 2.75) is 12.6 Å². The third-order valence-corrected chi connectivity index (χ3v) is 4.50. The zero-order valence-electron chi connectivity index (χ0n) is 15.6. The average Bonchev–Trinajstić information content (AvgIpc) is 2.96. The largest absolute Gasteiger partial charge is 0.433 e. The molecule has 0 fully saturated rings. The second kappa shape index (κ2) is 7.97. The molecule has 4 heterocycles. The summed E-state index contributed by atoms with van der Waals surface area (Å²) in [5.41, 5.74) is 0.188. The number of amides is 2. The van der Waals surface area contributed by atoms with Gasteiger partial charge in [0.15, 0.2) is 5.82 Å². The first kappa shape index (κ1) is 19.6. The second-order valence-electron chi connectivity index (χ2n) is 6.57. The molecule has 10 heteroatoms. The highest BCUT2D eigenvalue weighted by Crippen LogP contribution is 2.33. The number of nitrogens with zero attached hydrogens (tertiary/aromatic N) is 4. The average molecular weight is 414 g/mol. The van der Waals surface area contributed by atoms with Crippen LogP contribution in [0.1, 0.15) is 12.1 Å². The van der Waals surface area contributed by atoms with Crippen LogP contribution in [0.2, 0.25) is 0 Å². The van der Waals surface area contributed by atoms with E-state index in [1.807, 2.05) is 0 Å². The Balaban J connectivity index is 1.69. The number of hydrogen-bond donors (Lipinski definition) is 2. The van der Waals surface area contributed by atoms with E-state index < -0.39 is 17.9 Å². The lowest BCUT2D eigenvalue weighted by atomic mass is 10.1. The lowest BCUT2D eigenvalue weighted by molar-refractivity contribution is -0.141. The van der Waals surface area contributed by atoms with E-state index in [0.717, 1.165) is 12.3 Å². The summed E-state index contributed by atoms with van der Waals surface area (Å²) >= 11 is 0. The minimum absolute atomic E-state index is 0.259. The van der Waals surface area contributed by atoms with Crippen molar-refractivity contribution in [1.82, 2.24) is 15.0 Å². The van der Waals surface area contributed by atoms with Crippen molar-refractivity contribution < 1.29 is 18.0 Å². The van der Waals surface area contributed by atoms with Crippen LogP contribution in [-0.4, -0.2) is 34.1 Å². The van der Waals surface area contributed by atoms with Gasteiger partial charge in [-0.05, 0) is 42.8 Å². The molecule has 0 unspecified atom stereocenters. The molecule has 0 radical (unpaired) electrons. The Bertz CT molecular complexity index is 1060. The molecule has 1 aliphatic heterocycles. The van der Waals surface area contributed by atoms with Crippen LogP contribution in [0.4, 0.5) is 35.3 Å². The van der Waals surface area contributed by atoms with E-state index in [-0.39, 0.29) is 5.56 Å². The summed E-state index contributed by atoms with van der Waals surface area (Å²) < 4.78 is 39.1. The number of hydrogen-bond acceptors (Lipinski definition) is 5. The van der Waals surface area contributed by atoms with Gasteiger partial charge in [-0.15, -0.1) is 0 Å². The van der Waals surface area contributed by atoms with E-state index in [2.05, 4.69) is 25.6 Å². The Morgan fingerprint density at radius 3 is 2.73 bits per heavy atom. The molecule has 4 rings (SSSR count). The van der Waals surface area contributed by atoms with Crippen molar-refractivity contribution in [1.29, 1.82) is 0 Å². The van der Waals surface area contributed by atoms with Crippen molar-refractivity contribution in [2.24, 2.45) is 0 Å².